The van der Waals surface area contributed by atoms with Crippen molar-refractivity contribution in [2.45, 2.75) is 6.42 Å². The molecule has 4 atom stereocenters. The first-order valence-electron chi connectivity index (χ1n) is 7.41. The van der Waals surface area contributed by atoms with E-state index in [9.17, 15) is 19.5 Å². The Labute approximate surface area is 133 Å². The smallest absolute Gasteiger partial charge is 0.337 e. The van der Waals surface area contributed by atoms with Crippen LogP contribution in [0.5, 0.6) is 0 Å². The number of fused-ring (bicyclic) bond motifs is 2. The zero-order valence-corrected chi connectivity index (χ0v) is 12.6. The summed E-state index contributed by atoms with van der Waals surface area (Å²) in [5.41, 5.74) is 0.912. The highest BCUT2D eigenvalue weighted by atomic mass is 16.5. The second-order valence-corrected chi connectivity index (χ2v) is 5.90. The van der Waals surface area contributed by atoms with Gasteiger partial charge in [-0.15, -0.1) is 0 Å². The molecule has 3 rings (SSSR count). The van der Waals surface area contributed by atoms with Gasteiger partial charge in [0.25, 0.3) is 0 Å². The number of nitrogens with one attached hydrogen (secondary N) is 1. The largest absolute Gasteiger partial charge is 0.481 e. The fraction of sp³-hybridized carbons (Fsp3) is 0.353. The first-order valence-corrected chi connectivity index (χ1v) is 7.41. The second kappa shape index (κ2) is 5.87. The number of esters is 1. The lowest BCUT2D eigenvalue weighted by Crippen LogP contribution is -2.36. The highest BCUT2D eigenvalue weighted by molar-refractivity contribution is 5.97. The van der Waals surface area contributed by atoms with Gasteiger partial charge < -0.3 is 15.2 Å². The number of methoxy groups -OCH3 is 1. The third-order valence-electron chi connectivity index (χ3n) is 4.62. The predicted molar refractivity (Wildman–Crippen MR) is 81.8 cm³/mol. The molecule has 0 heterocycles. The van der Waals surface area contributed by atoms with Crippen LogP contribution >= 0.6 is 0 Å². The van der Waals surface area contributed by atoms with Gasteiger partial charge in [-0.3, -0.25) is 9.59 Å². The molecule has 6 heteroatoms. The molecule has 0 radical (unpaired) electrons. The topological polar surface area (TPSA) is 92.7 Å². The number of amides is 1. The molecule has 0 saturated heterocycles. The summed E-state index contributed by atoms with van der Waals surface area (Å²) in [5, 5.41) is 12.1. The van der Waals surface area contributed by atoms with Gasteiger partial charge in [0.15, 0.2) is 0 Å². The molecule has 2 aliphatic carbocycles. The fourth-order valence-corrected chi connectivity index (χ4v) is 3.55. The van der Waals surface area contributed by atoms with E-state index in [2.05, 4.69) is 10.1 Å². The van der Waals surface area contributed by atoms with Crippen LogP contribution in [-0.4, -0.2) is 30.1 Å². The number of ether oxygens (including phenoxy) is 1. The maximum atomic E-state index is 12.5. The molecule has 2 aliphatic rings. The van der Waals surface area contributed by atoms with Crippen molar-refractivity contribution in [3.63, 3.8) is 0 Å². The standard InChI is InChI=1S/C17H17NO5/c1-23-17(22)9-4-6-12(7-5-9)18-15(19)13-10-2-3-11(8-10)14(13)16(20)21/h2-7,10-11,13-14H,8H2,1H3,(H,18,19)(H,20,21)/t10?,11?,13-,14+/m1/s1. The maximum Gasteiger partial charge on any atom is 0.337 e. The molecule has 6 nitrogen and oxygen atoms in total. The van der Waals surface area contributed by atoms with Gasteiger partial charge in [-0.05, 0) is 42.5 Å². The molecule has 1 fully saturated rings. The van der Waals surface area contributed by atoms with Crippen LogP contribution in [0.15, 0.2) is 36.4 Å². The molecule has 2 bridgehead atoms. The Morgan fingerprint density at radius 1 is 1.09 bits per heavy atom. The summed E-state index contributed by atoms with van der Waals surface area (Å²) in [4.78, 5) is 35.3. The van der Waals surface area contributed by atoms with Gasteiger partial charge in [-0.25, -0.2) is 4.79 Å². The van der Waals surface area contributed by atoms with Crippen molar-refractivity contribution in [2.75, 3.05) is 12.4 Å². The minimum absolute atomic E-state index is 0.0181. The van der Waals surface area contributed by atoms with Gasteiger partial charge in [0.1, 0.15) is 0 Å². The molecule has 0 aliphatic heterocycles. The Balaban J connectivity index is 1.73. The molecule has 23 heavy (non-hydrogen) atoms. The highest BCUT2D eigenvalue weighted by Gasteiger charge is 2.51. The van der Waals surface area contributed by atoms with E-state index in [4.69, 9.17) is 0 Å². The van der Waals surface area contributed by atoms with Crippen molar-refractivity contribution >= 4 is 23.5 Å². The van der Waals surface area contributed by atoms with E-state index in [1.165, 1.54) is 7.11 Å². The molecular weight excluding hydrogens is 298 g/mol. The van der Waals surface area contributed by atoms with E-state index in [-0.39, 0.29) is 17.7 Å². The zero-order valence-electron chi connectivity index (χ0n) is 12.6. The van der Waals surface area contributed by atoms with E-state index < -0.39 is 23.8 Å². The van der Waals surface area contributed by atoms with Crippen molar-refractivity contribution in [3.05, 3.63) is 42.0 Å². The second-order valence-electron chi connectivity index (χ2n) is 5.90. The molecule has 1 saturated carbocycles. The van der Waals surface area contributed by atoms with Crippen LogP contribution in [0, 0.1) is 23.7 Å². The van der Waals surface area contributed by atoms with Gasteiger partial charge in [0.05, 0.1) is 24.5 Å². The number of rotatable bonds is 4. The molecule has 1 amide bonds. The van der Waals surface area contributed by atoms with Crippen molar-refractivity contribution in [2.24, 2.45) is 23.7 Å². The molecule has 0 spiro atoms. The first-order chi connectivity index (χ1) is 11.0. The lowest BCUT2D eigenvalue weighted by atomic mass is 9.82. The SMILES string of the molecule is COC(=O)c1ccc(NC(=O)[C@@H]2C3C=CC(C3)[C@@H]2C(=O)O)cc1. The molecule has 0 aromatic heterocycles. The van der Waals surface area contributed by atoms with Gasteiger partial charge in [-0.2, -0.15) is 0 Å². The van der Waals surface area contributed by atoms with E-state index in [0.717, 1.165) is 6.42 Å². The molecular formula is C17H17NO5. The highest BCUT2D eigenvalue weighted by Crippen LogP contribution is 2.48. The zero-order chi connectivity index (χ0) is 16.6. The van der Waals surface area contributed by atoms with Crippen molar-refractivity contribution in [3.8, 4) is 0 Å². The predicted octanol–water partition coefficient (Wildman–Crippen LogP) is 1.93. The molecule has 2 unspecified atom stereocenters. The first kappa shape index (κ1) is 15.3. The molecule has 1 aromatic rings. The number of carboxylic acids is 1. The molecule has 120 valence electrons. The van der Waals surface area contributed by atoms with Crippen LogP contribution in [0.25, 0.3) is 0 Å². The Kier molecular flexibility index (Phi) is 3.90. The quantitative estimate of drug-likeness (QED) is 0.654. The number of benzene rings is 1. The third kappa shape index (κ3) is 2.72. The number of anilines is 1. The van der Waals surface area contributed by atoms with Gasteiger partial charge >= 0.3 is 11.9 Å². The van der Waals surface area contributed by atoms with Crippen molar-refractivity contribution in [1.82, 2.24) is 0 Å². The van der Waals surface area contributed by atoms with Crippen LogP contribution in [0.2, 0.25) is 0 Å². The van der Waals surface area contributed by atoms with Gasteiger partial charge in [-0.1, -0.05) is 12.2 Å². The summed E-state index contributed by atoms with van der Waals surface area (Å²) >= 11 is 0. The number of carbonyl (C=O) groups excluding carboxylic acids is 2. The average molecular weight is 315 g/mol. The van der Waals surface area contributed by atoms with Gasteiger partial charge in [0.2, 0.25) is 5.91 Å². The third-order valence-corrected chi connectivity index (χ3v) is 4.62. The number of allylic oxidation sites excluding steroid dienone is 2. The number of carbonyl (C=O) groups is 3. The normalized spacial score (nSPS) is 27.7. The van der Waals surface area contributed by atoms with Crippen molar-refractivity contribution in [1.29, 1.82) is 0 Å². The maximum absolute atomic E-state index is 12.5. The summed E-state index contributed by atoms with van der Waals surface area (Å²) in [6.07, 6.45) is 4.56. The minimum atomic E-state index is -0.928. The summed E-state index contributed by atoms with van der Waals surface area (Å²) in [6.45, 7) is 0. The lowest BCUT2D eigenvalue weighted by molar-refractivity contribution is -0.146. The Hall–Kier alpha value is -2.63. The molecule has 1 aromatic carbocycles. The number of aliphatic carboxylic acids is 1. The average Bonchev–Trinajstić information content (AvgIpc) is 3.15. The van der Waals surface area contributed by atoms with Crippen LogP contribution in [0.4, 0.5) is 5.69 Å². The van der Waals surface area contributed by atoms with E-state index in [1.807, 2.05) is 12.2 Å². The monoisotopic (exact) mass is 315 g/mol. The van der Waals surface area contributed by atoms with Gasteiger partial charge in [0, 0.05) is 5.69 Å². The van der Waals surface area contributed by atoms with Crippen LogP contribution in [0.1, 0.15) is 16.8 Å². The summed E-state index contributed by atoms with van der Waals surface area (Å²) < 4.78 is 4.61. The summed E-state index contributed by atoms with van der Waals surface area (Å²) in [5.74, 6) is -2.97. The number of carboxylic acid groups (broad SMARTS) is 1. The number of hydrogen-bond donors (Lipinski definition) is 2. The van der Waals surface area contributed by atoms with E-state index in [1.54, 1.807) is 24.3 Å². The van der Waals surface area contributed by atoms with Crippen LogP contribution < -0.4 is 5.32 Å². The van der Waals surface area contributed by atoms with Crippen molar-refractivity contribution < 1.29 is 24.2 Å². The minimum Gasteiger partial charge on any atom is -0.481 e. The van der Waals surface area contributed by atoms with E-state index in [0.29, 0.717) is 11.3 Å². The Morgan fingerprint density at radius 3 is 2.26 bits per heavy atom. The number of hydrogen-bond acceptors (Lipinski definition) is 4. The Bertz CT molecular complexity index is 679. The summed E-state index contributed by atoms with van der Waals surface area (Å²) in [6, 6.07) is 6.31. The summed E-state index contributed by atoms with van der Waals surface area (Å²) in [7, 11) is 1.30. The Morgan fingerprint density at radius 2 is 1.70 bits per heavy atom. The van der Waals surface area contributed by atoms with E-state index >= 15 is 0 Å². The molecule has 2 N–H and O–H groups in total. The van der Waals surface area contributed by atoms with Crippen LogP contribution in [0.3, 0.4) is 0 Å². The van der Waals surface area contributed by atoms with Crippen LogP contribution in [-0.2, 0) is 14.3 Å². The fourth-order valence-electron chi connectivity index (χ4n) is 3.55. The lowest BCUT2D eigenvalue weighted by Gasteiger charge is -2.23.